The van der Waals surface area contributed by atoms with Gasteiger partial charge >= 0.3 is 0 Å². The number of aromatic amines is 1. The van der Waals surface area contributed by atoms with Crippen LogP contribution in [0, 0.1) is 5.82 Å². The Morgan fingerprint density at radius 1 is 1.13 bits per heavy atom. The third-order valence-electron chi connectivity index (χ3n) is 4.93. The van der Waals surface area contributed by atoms with Gasteiger partial charge in [0.1, 0.15) is 5.82 Å². The second-order valence-corrected chi connectivity index (χ2v) is 6.09. The van der Waals surface area contributed by atoms with E-state index >= 15 is 0 Å². The van der Waals surface area contributed by atoms with Crippen molar-refractivity contribution in [1.82, 2.24) is 10.3 Å². The fourth-order valence-electron chi connectivity index (χ4n) is 3.94. The minimum Gasteiger partial charge on any atom is -0.356 e. The largest absolute Gasteiger partial charge is 0.356 e. The maximum atomic E-state index is 13.8. The molecule has 3 N–H and O–H groups in total. The number of rotatable bonds is 0. The predicted molar refractivity (Wildman–Crippen MR) is 85.8 cm³/mol. The Morgan fingerprint density at radius 3 is 2.91 bits per heavy atom. The Labute approximate surface area is 131 Å². The molecule has 0 aliphatic carbocycles. The quantitative estimate of drug-likeness (QED) is 0.598. The average Bonchev–Trinajstić information content (AvgIpc) is 3.06. The van der Waals surface area contributed by atoms with Crippen LogP contribution in [0.15, 0.2) is 42.5 Å². The monoisotopic (exact) mass is 307 g/mol. The summed E-state index contributed by atoms with van der Waals surface area (Å²) in [7, 11) is 0. The fraction of sp³-hybridized carbons (Fsp3) is 0.167. The van der Waals surface area contributed by atoms with Crippen molar-refractivity contribution < 1.29 is 9.18 Å². The molecule has 2 aliphatic heterocycles. The van der Waals surface area contributed by atoms with Crippen molar-refractivity contribution in [2.75, 3.05) is 11.9 Å². The summed E-state index contributed by atoms with van der Waals surface area (Å²) in [5, 5.41) is 7.34. The molecule has 23 heavy (non-hydrogen) atoms. The van der Waals surface area contributed by atoms with Gasteiger partial charge in [0.25, 0.3) is 5.91 Å². The van der Waals surface area contributed by atoms with Gasteiger partial charge in [-0.2, -0.15) is 0 Å². The molecule has 1 atom stereocenters. The number of benzene rings is 2. The number of nitrogens with one attached hydrogen (secondary N) is 3. The molecule has 4 nitrogen and oxygen atoms in total. The average molecular weight is 307 g/mol. The zero-order valence-corrected chi connectivity index (χ0v) is 12.2. The summed E-state index contributed by atoms with van der Waals surface area (Å²) in [5.74, 6) is -0.504. The molecule has 3 aromatic rings. The number of H-pyrrole nitrogens is 1. The molecule has 3 heterocycles. The highest BCUT2D eigenvalue weighted by Crippen LogP contribution is 2.45. The van der Waals surface area contributed by atoms with Crippen molar-refractivity contribution in [3.63, 3.8) is 0 Å². The van der Waals surface area contributed by atoms with Crippen molar-refractivity contribution in [1.29, 1.82) is 0 Å². The maximum absolute atomic E-state index is 13.8. The molecule has 1 aromatic heterocycles. The van der Waals surface area contributed by atoms with E-state index in [-0.39, 0.29) is 11.7 Å². The number of halogens is 1. The van der Waals surface area contributed by atoms with E-state index in [0.717, 1.165) is 28.6 Å². The first-order valence-electron chi connectivity index (χ1n) is 7.67. The highest BCUT2D eigenvalue weighted by atomic mass is 19.1. The van der Waals surface area contributed by atoms with Crippen LogP contribution in [0.2, 0.25) is 0 Å². The Hall–Kier alpha value is -2.66. The van der Waals surface area contributed by atoms with E-state index in [1.807, 2.05) is 18.2 Å². The molecular weight excluding hydrogens is 293 g/mol. The van der Waals surface area contributed by atoms with Gasteiger partial charge in [-0.15, -0.1) is 0 Å². The number of hydrogen-bond acceptors (Lipinski definition) is 2. The van der Waals surface area contributed by atoms with Crippen LogP contribution in [0.25, 0.3) is 10.9 Å². The van der Waals surface area contributed by atoms with Gasteiger partial charge in [0.2, 0.25) is 0 Å². The van der Waals surface area contributed by atoms with Crippen molar-refractivity contribution in [2.45, 2.75) is 12.0 Å². The molecule has 0 radical (unpaired) electrons. The summed E-state index contributed by atoms with van der Waals surface area (Å²) < 4.78 is 13.8. The highest BCUT2D eigenvalue weighted by Gasteiger charge is 2.52. The predicted octanol–water partition coefficient (Wildman–Crippen LogP) is 2.65. The Morgan fingerprint density at radius 2 is 2.00 bits per heavy atom. The molecule has 2 aromatic carbocycles. The smallest absolute Gasteiger partial charge is 0.255 e. The van der Waals surface area contributed by atoms with Crippen LogP contribution >= 0.6 is 0 Å². The molecule has 2 aliphatic rings. The van der Waals surface area contributed by atoms with Gasteiger partial charge < -0.3 is 10.3 Å². The molecule has 5 rings (SSSR count). The van der Waals surface area contributed by atoms with E-state index in [1.165, 1.54) is 12.1 Å². The lowest BCUT2D eigenvalue weighted by Gasteiger charge is -2.33. The molecule has 1 spiro atoms. The minimum absolute atomic E-state index is 0.161. The third kappa shape index (κ3) is 1.50. The van der Waals surface area contributed by atoms with Crippen molar-refractivity contribution >= 4 is 22.5 Å². The molecule has 0 bridgehead atoms. The van der Waals surface area contributed by atoms with Crippen molar-refractivity contribution in [3.8, 4) is 0 Å². The number of carbonyl (C=O) groups is 1. The van der Waals surface area contributed by atoms with Gasteiger partial charge in [0.15, 0.2) is 5.54 Å². The Kier molecular flexibility index (Phi) is 2.35. The number of amides is 1. The van der Waals surface area contributed by atoms with Gasteiger partial charge in [-0.3, -0.25) is 10.1 Å². The number of carbonyl (C=O) groups excluding carboxylic acids is 1. The normalized spacial score (nSPS) is 22.2. The SMILES string of the molecule is O=C1Nc2ccc(F)cc2C12NCCc1c2[nH]c2ccccc12. The van der Waals surface area contributed by atoms with E-state index in [4.69, 9.17) is 0 Å². The standard InChI is InChI=1S/C18H14FN3O/c19-10-5-6-15-13(9-10)18(17(23)22-15)16-12(7-8-20-18)11-3-1-2-4-14(11)21-16/h1-6,9,20-21H,7-8H2,(H,22,23). The summed E-state index contributed by atoms with van der Waals surface area (Å²) >= 11 is 0. The zero-order chi connectivity index (χ0) is 15.6. The van der Waals surface area contributed by atoms with E-state index in [9.17, 15) is 9.18 Å². The molecule has 1 amide bonds. The topological polar surface area (TPSA) is 56.9 Å². The fourth-order valence-corrected chi connectivity index (χ4v) is 3.94. The van der Waals surface area contributed by atoms with Crippen molar-refractivity contribution in [3.05, 3.63) is 65.1 Å². The van der Waals surface area contributed by atoms with Gasteiger partial charge in [-0.05, 0) is 36.2 Å². The van der Waals surface area contributed by atoms with Gasteiger partial charge in [0, 0.05) is 28.7 Å². The number of para-hydroxylation sites is 1. The number of anilines is 1. The first kappa shape index (κ1) is 12.8. The van der Waals surface area contributed by atoms with E-state index in [1.54, 1.807) is 6.07 Å². The molecule has 5 heteroatoms. The summed E-state index contributed by atoms with van der Waals surface area (Å²) in [6, 6.07) is 12.5. The first-order chi connectivity index (χ1) is 11.2. The maximum Gasteiger partial charge on any atom is 0.255 e. The lowest BCUT2D eigenvalue weighted by atomic mass is 9.82. The molecule has 114 valence electrons. The van der Waals surface area contributed by atoms with Gasteiger partial charge in [-0.1, -0.05) is 18.2 Å². The van der Waals surface area contributed by atoms with Crippen LogP contribution < -0.4 is 10.6 Å². The number of hydrogen-bond donors (Lipinski definition) is 3. The molecular formula is C18H14FN3O. The second kappa shape index (κ2) is 4.20. The van der Waals surface area contributed by atoms with Crippen LogP contribution in [0.5, 0.6) is 0 Å². The van der Waals surface area contributed by atoms with Crippen LogP contribution in [0.4, 0.5) is 10.1 Å². The van der Waals surface area contributed by atoms with Crippen LogP contribution in [0.3, 0.4) is 0 Å². The number of fused-ring (bicyclic) bond motifs is 6. The Bertz CT molecular complexity index is 978. The lowest BCUT2D eigenvalue weighted by molar-refractivity contribution is -0.120. The van der Waals surface area contributed by atoms with E-state index in [2.05, 4.69) is 21.7 Å². The van der Waals surface area contributed by atoms with Crippen LogP contribution in [-0.2, 0) is 16.8 Å². The molecule has 0 saturated carbocycles. The number of aromatic nitrogens is 1. The molecule has 0 saturated heterocycles. The summed E-state index contributed by atoms with van der Waals surface area (Å²) in [5.41, 5.74) is 3.23. The Balaban J connectivity index is 1.87. The highest BCUT2D eigenvalue weighted by molar-refractivity contribution is 6.09. The van der Waals surface area contributed by atoms with Gasteiger partial charge in [0.05, 0.1) is 5.69 Å². The molecule has 0 fully saturated rings. The van der Waals surface area contributed by atoms with Crippen LogP contribution in [0.1, 0.15) is 16.8 Å². The third-order valence-corrected chi connectivity index (χ3v) is 4.93. The molecule has 1 unspecified atom stereocenters. The lowest BCUT2D eigenvalue weighted by Crippen LogP contribution is -2.53. The van der Waals surface area contributed by atoms with Crippen molar-refractivity contribution in [2.24, 2.45) is 0 Å². The summed E-state index contributed by atoms with van der Waals surface area (Å²) in [6.07, 6.45) is 0.832. The first-order valence-corrected chi connectivity index (χ1v) is 7.67. The van der Waals surface area contributed by atoms with Crippen LogP contribution in [-0.4, -0.2) is 17.4 Å². The summed E-state index contributed by atoms with van der Waals surface area (Å²) in [4.78, 5) is 16.2. The second-order valence-electron chi connectivity index (χ2n) is 6.09. The minimum atomic E-state index is -1.04. The summed E-state index contributed by atoms with van der Waals surface area (Å²) in [6.45, 7) is 0.665. The zero-order valence-electron chi connectivity index (χ0n) is 12.2. The van der Waals surface area contributed by atoms with Gasteiger partial charge in [-0.25, -0.2) is 4.39 Å². The van der Waals surface area contributed by atoms with E-state index in [0.29, 0.717) is 17.8 Å². The van der Waals surface area contributed by atoms with E-state index < -0.39 is 5.54 Å².